The van der Waals surface area contributed by atoms with Crippen molar-refractivity contribution in [3.63, 3.8) is 0 Å². The van der Waals surface area contributed by atoms with Gasteiger partial charge in [0.05, 0.1) is 7.11 Å². The van der Waals surface area contributed by atoms with Gasteiger partial charge in [0.2, 0.25) is 0 Å². The maximum absolute atomic E-state index is 12.4. The third-order valence-electron chi connectivity index (χ3n) is 4.11. The lowest BCUT2D eigenvalue weighted by Crippen LogP contribution is -2.27. The number of hydrogen-bond acceptors (Lipinski definition) is 3. The maximum atomic E-state index is 12.4. The van der Waals surface area contributed by atoms with Gasteiger partial charge in [-0.05, 0) is 55.3 Å². The molecule has 1 fully saturated rings. The average molecular weight is 324 g/mol. The summed E-state index contributed by atoms with van der Waals surface area (Å²) in [7, 11) is 1.59. The quantitative estimate of drug-likeness (QED) is 0.939. The van der Waals surface area contributed by atoms with Crippen LogP contribution in [0.2, 0.25) is 0 Å². The molecule has 0 radical (unpaired) electrons. The van der Waals surface area contributed by atoms with Crippen molar-refractivity contribution < 1.29 is 14.3 Å². The number of amides is 2. The molecule has 1 N–H and O–H groups in total. The minimum atomic E-state index is -0.240. The Morgan fingerprint density at radius 3 is 2.33 bits per heavy atom. The number of nitrogens with one attached hydrogen (secondary N) is 1. The van der Waals surface area contributed by atoms with Gasteiger partial charge in [0.25, 0.3) is 11.8 Å². The summed E-state index contributed by atoms with van der Waals surface area (Å²) >= 11 is 0. The van der Waals surface area contributed by atoms with E-state index in [2.05, 4.69) is 5.32 Å². The zero-order chi connectivity index (χ0) is 16.9. The Hall–Kier alpha value is -2.82. The van der Waals surface area contributed by atoms with Crippen molar-refractivity contribution in [1.82, 2.24) is 4.90 Å². The number of carbonyl (C=O) groups excluding carboxylic acids is 2. The lowest BCUT2D eigenvalue weighted by atomic mass is 10.1. The number of ether oxygens (including phenoxy) is 1. The summed E-state index contributed by atoms with van der Waals surface area (Å²) in [4.78, 5) is 26.7. The van der Waals surface area contributed by atoms with Gasteiger partial charge in [-0.1, -0.05) is 6.07 Å². The molecule has 1 heterocycles. The predicted molar refractivity (Wildman–Crippen MR) is 92.5 cm³/mol. The molecule has 1 aliphatic rings. The number of anilines is 1. The van der Waals surface area contributed by atoms with E-state index in [0.717, 1.165) is 31.7 Å². The van der Waals surface area contributed by atoms with Gasteiger partial charge in [0.1, 0.15) is 5.75 Å². The van der Waals surface area contributed by atoms with E-state index in [1.165, 1.54) is 0 Å². The Morgan fingerprint density at radius 2 is 1.67 bits per heavy atom. The van der Waals surface area contributed by atoms with E-state index in [-0.39, 0.29) is 11.8 Å². The number of likely N-dealkylation sites (tertiary alicyclic amines) is 1. The minimum absolute atomic E-state index is 0.00778. The lowest BCUT2D eigenvalue weighted by molar-refractivity contribution is 0.0793. The van der Waals surface area contributed by atoms with Crippen LogP contribution in [0.15, 0.2) is 48.5 Å². The molecule has 0 unspecified atom stereocenters. The molecule has 5 heteroatoms. The molecule has 3 rings (SSSR count). The average Bonchev–Trinajstić information content (AvgIpc) is 3.16. The highest BCUT2D eigenvalue weighted by atomic mass is 16.5. The first kappa shape index (κ1) is 16.1. The smallest absolute Gasteiger partial charge is 0.255 e. The summed E-state index contributed by atoms with van der Waals surface area (Å²) in [5.41, 5.74) is 1.70. The fourth-order valence-corrected chi connectivity index (χ4v) is 2.77. The Kier molecular flexibility index (Phi) is 4.79. The van der Waals surface area contributed by atoms with Crippen LogP contribution in [-0.4, -0.2) is 36.9 Å². The van der Waals surface area contributed by atoms with Gasteiger partial charge >= 0.3 is 0 Å². The van der Waals surface area contributed by atoms with Gasteiger partial charge < -0.3 is 15.0 Å². The zero-order valence-corrected chi connectivity index (χ0v) is 13.6. The highest BCUT2D eigenvalue weighted by Gasteiger charge is 2.20. The summed E-state index contributed by atoms with van der Waals surface area (Å²) in [5.74, 6) is 0.481. The second kappa shape index (κ2) is 7.17. The largest absolute Gasteiger partial charge is 0.497 e. The Bertz CT molecular complexity index is 735. The Morgan fingerprint density at radius 1 is 1.00 bits per heavy atom. The number of benzene rings is 2. The van der Waals surface area contributed by atoms with Crippen LogP contribution in [0.3, 0.4) is 0 Å². The lowest BCUT2D eigenvalue weighted by Gasteiger charge is -2.15. The first-order chi connectivity index (χ1) is 11.7. The SMILES string of the molecule is COc1ccc(NC(=O)c2cccc(C(=O)N3CCCC3)c2)cc1. The van der Waals surface area contributed by atoms with E-state index in [4.69, 9.17) is 4.74 Å². The first-order valence-electron chi connectivity index (χ1n) is 8.02. The summed E-state index contributed by atoms with van der Waals surface area (Å²) < 4.78 is 5.09. The van der Waals surface area contributed by atoms with E-state index in [1.54, 1.807) is 55.6 Å². The molecule has 2 amide bonds. The zero-order valence-electron chi connectivity index (χ0n) is 13.6. The predicted octanol–water partition coefficient (Wildman–Crippen LogP) is 3.18. The Labute approximate surface area is 141 Å². The van der Waals surface area contributed by atoms with Crippen molar-refractivity contribution in [2.45, 2.75) is 12.8 Å². The highest BCUT2D eigenvalue weighted by molar-refractivity contribution is 6.06. The molecular formula is C19H20N2O3. The van der Waals surface area contributed by atoms with Crippen molar-refractivity contribution in [2.24, 2.45) is 0 Å². The van der Waals surface area contributed by atoms with Crippen LogP contribution in [-0.2, 0) is 0 Å². The van der Waals surface area contributed by atoms with Gasteiger partial charge in [0, 0.05) is 29.9 Å². The molecule has 0 spiro atoms. The van der Waals surface area contributed by atoms with Crippen LogP contribution in [0.25, 0.3) is 0 Å². The molecule has 0 saturated carbocycles. The number of methoxy groups -OCH3 is 1. The van der Waals surface area contributed by atoms with Gasteiger partial charge in [-0.3, -0.25) is 9.59 Å². The second-order valence-electron chi connectivity index (χ2n) is 5.76. The van der Waals surface area contributed by atoms with Crippen LogP contribution in [0.5, 0.6) is 5.75 Å². The fraction of sp³-hybridized carbons (Fsp3) is 0.263. The van der Waals surface area contributed by atoms with Crippen molar-refractivity contribution in [2.75, 3.05) is 25.5 Å². The molecule has 0 aromatic heterocycles. The minimum Gasteiger partial charge on any atom is -0.497 e. The molecule has 5 nitrogen and oxygen atoms in total. The molecule has 2 aromatic carbocycles. The van der Waals surface area contributed by atoms with Gasteiger partial charge in [0.15, 0.2) is 0 Å². The maximum Gasteiger partial charge on any atom is 0.255 e. The third-order valence-corrected chi connectivity index (χ3v) is 4.11. The molecule has 24 heavy (non-hydrogen) atoms. The van der Waals surface area contributed by atoms with E-state index < -0.39 is 0 Å². The van der Waals surface area contributed by atoms with Gasteiger partial charge in [-0.25, -0.2) is 0 Å². The number of nitrogens with zero attached hydrogens (tertiary/aromatic N) is 1. The fourth-order valence-electron chi connectivity index (χ4n) is 2.77. The van der Waals surface area contributed by atoms with E-state index in [0.29, 0.717) is 16.8 Å². The second-order valence-corrected chi connectivity index (χ2v) is 5.76. The van der Waals surface area contributed by atoms with E-state index in [9.17, 15) is 9.59 Å². The van der Waals surface area contributed by atoms with Crippen LogP contribution in [0.1, 0.15) is 33.6 Å². The molecule has 0 atom stereocenters. The highest BCUT2D eigenvalue weighted by Crippen LogP contribution is 2.17. The summed E-state index contributed by atoms with van der Waals surface area (Å²) in [6, 6.07) is 14.0. The summed E-state index contributed by atoms with van der Waals surface area (Å²) in [6.07, 6.45) is 2.09. The summed E-state index contributed by atoms with van der Waals surface area (Å²) in [6.45, 7) is 1.59. The van der Waals surface area contributed by atoms with E-state index in [1.807, 2.05) is 4.90 Å². The van der Waals surface area contributed by atoms with Crippen molar-refractivity contribution in [1.29, 1.82) is 0 Å². The van der Waals surface area contributed by atoms with Crippen molar-refractivity contribution in [3.8, 4) is 5.75 Å². The van der Waals surface area contributed by atoms with Crippen LogP contribution >= 0.6 is 0 Å². The monoisotopic (exact) mass is 324 g/mol. The van der Waals surface area contributed by atoms with Crippen LogP contribution in [0.4, 0.5) is 5.69 Å². The standard InChI is InChI=1S/C19H20N2O3/c1-24-17-9-7-16(8-10-17)20-18(22)14-5-4-6-15(13-14)19(23)21-11-2-3-12-21/h4-10,13H,2-3,11-12H2,1H3,(H,20,22). The topological polar surface area (TPSA) is 58.6 Å². The van der Waals surface area contributed by atoms with Gasteiger partial charge in [-0.2, -0.15) is 0 Å². The molecular weight excluding hydrogens is 304 g/mol. The molecule has 0 aliphatic carbocycles. The molecule has 2 aromatic rings. The van der Waals surface area contributed by atoms with Crippen molar-refractivity contribution >= 4 is 17.5 Å². The Balaban J connectivity index is 1.72. The van der Waals surface area contributed by atoms with Crippen molar-refractivity contribution in [3.05, 3.63) is 59.7 Å². The molecule has 124 valence electrons. The molecule has 1 saturated heterocycles. The number of hydrogen-bond donors (Lipinski definition) is 1. The number of carbonyl (C=O) groups is 2. The van der Waals surface area contributed by atoms with Gasteiger partial charge in [-0.15, -0.1) is 0 Å². The third kappa shape index (κ3) is 3.56. The van der Waals surface area contributed by atoms with E-state index >= 15 is 0 Å². The molecule has 1 aliphatic heterocycles. The first-order valence-corrected chi connectivity index (χ1v) is 8.02. The van der Waals surface area contributed by atoms with Crippen LogP contribution in [0, 0.1) is 0 Å². The normalized spacial score (nSPS) is 13.6. The number of rotatable bonds is 4. The summed E-state index contributed by atoms with van der Waals surface area (Å²) in [5, 5.41) is 2.83. The molecule has 0 bridgehead atoms. The van der Waals surface area contributed by atoms with Crippen LogP contribution < -0.4 is 10.1 Å².